The van der Waals surface area contributed by atoms with Crippen molar-refractivity contribution in [3.8, 4) is 6.01 Å². The highest BCUT2D eigenvalue weighted by Gasteiger charge is 2.01. The van der Waals surface area contributed by atoms with Crippen molar-refractivity contribution in [2.24, 2.45) is 0 Å². The molecule has 0 fully saturated rings. The van der Waals surface area contributed by atoms with Crippen LogP contribution in [0.2, 0.25) is 0 Å². The third kappa shape index (κ3) is 1.67. The van der Waals surface area contributed by atoms with Gasteiger partial charge in [-0.15, -0.1) is 0 Å². The van der Waals surface area contributed by atoms with Gasteiger partial charge in [0.1, 0.15) is 0 Å². The molecular formula is C8H12N2O. The van der Waals surface area contributed by atoms with Gasteiger partial charge in [0.15, 0.2) is 0 Å². The molecule has 0 saturated carbocycles. The first-order valence-corrected chi connectivity index (χ1v) is 3.81. The van der Waals surface area contributed by atoms with Gasteiger partial charge in [-0.3, -0.25) is 0 Å². The summed E-state index contributed by atoms with van der Waals surface area (Å²) in [5.74, 6) is 0. The van der Waals surface area contributed by atoms with E-state index < -0.39 is 0 Å². The van der Waals surface area contributed by atoms with Crippen LogP contribution in [0.5, 0.6) is 6.01 Å². The Morgan fingerprint density at radius 1 is 1.36 bits per heavy atom. The largest absolute Gasteiger partial charge is 0.479 e. The summed E-state index contributed by atoms with van der Waals surface area (Å²) in [6, 6.07) is -0.126. The van der Waals surface area contributed by atoms with Crippen LogP contribution in [0.1, 0.15) is 25.1 Å². The molecule has 0 unspecified atom stereocenters. The maximum absolute atomic E-state index is 8.94. The first kappa shape index (κ1) is 7.98. The van der Waals surface area contributed by atoms with Crippen molar-refractivity contribution in [1.29, 1.82) is 0 Å². The molecule has 1 heterocycles. The Bertz CT molecular complexity index is 248. The Labute approximate surface area is 66.1 Å². The molecule has 0 radical (unpaired) electrons. The Balaban J connectivity index is 3.06. The monoisotopic (exact) mass is 152 g/mol. The van der Waals surface area contributed by atoms with Gasteiger partial charge >= 0.3 is 6.01 Å². The highest BCUT2D eigenvalue weighted by Crippen LogP contribution is 2.09. The van der Waals surface area contributed by atoms with Crippen LogP contribution < -0.4 is 0 Å². The van der Waals surface area contributed by atoms with Gasteiger partial charge in [0, 0.05) is 6.20 Å². The van der Waals surface area contributed by atoms with E-state index in [9.17, 15) is 0 Å². The number of rotatable bonds is 2. The lowest BCUT2D eigenvalue weighted by Gasteiger charge is -2.02. The molecule has 0 saturated heterocycles. The topological polar surface area (TPSA) is 46.0 Å². The lowest BCUT2D eigenvalue weighted by atomic mass is 10.1. The molecule has 1 aromatic rings. The number of aryl methyl sites for hydroxylation is 2. The molecule has 3 nitrogen and oxygen atoms in total. The average Bonchev–Trinajstić information content (AvgIpc) is 2.04. The molecule has 1 N–H and O–H groups in total. The smallest absolute Gasteiger partial charge is 0.314 e. The summed E-state index contributed by atoms with van der Waals surface area (Å²) in [6.45, 7) is 4.07. The number of hydrogen-bond donors (Lipinski definition) is 1. The third-order valence-corrected chi connectivity index (χ3v) is 1.66. The van der Waals surface area contributed by atoms with Gasteiger partial charge in [-0.1, -0.05) is 13.8 Å². The molecule has 0 amide bonds. The van der Waals surface area contributed by atoms with Crippen molar-refractivity contribution in [3.05, 3.63) is 17.5 Å². The molecule has 0 spiro atoms. The molecule has 0 bridgehead atoms. The van der Waals surface area contributed by atoms with Crippen molar-refractivity contribution in [2.75, 3.05) is 0 Å². The standard InChI is InChI=1S/C8H12N2O/c1-3-6-5-9-8(11)10-7(6)4-2/h5H,3-4H2,1-2H3,(H,9,10,11). The molecule has 0 aliphatic heterocycles. The minimum Gasteiger partial charge on any atom is -0.479 e. The zero-order chi connectivity index (χ0) is 8.27. The molecule has 0 aliphatic rings. The quantitative estimate of drug-likeness (QED) is 0.694. The van der Waals surface area contributed by atoms with Gasteiger partial charge in [-0.2, -0.15) is 0 Å². The maximum Gasteiger partial charge on any atom is 0.314 e. The summed E-state index contributed by atoms with van der Waals surface area (Å²) in [6.07, 6.45) is 3.45. The zero-order valence-electron chi connectivity index (χ0n) is 6.83. The van der Waals surface area contributed by atoms with E-state index in [0.717, 1.165) is 24.1 Å². The Morgan fingerprint density at radius 3 is 2.64 bits per heavy atom. The Morgan fingerprint density at radius 2 is 2.09 bits per heavy atom. The van der Waals surface area contributed by atoms with Gasteiger partial charge in [0.25, 0.3) is 0 Å². The molecule has 0 aromatic carbocycles. The molecule has 3 heteroatoms. The van der Waals surface area contributed by atoms with Crippen LogP contribution in [0.3, 0.4) is 0 Å². The molecule has 1 rings (SSSR count). The highest BCUT2D eigenvalue weighted by atomic mass is 16.3. The molecule has 0 atom stereocenters. The fourth-order valence-corrected chi connectivity index (χ4v) is 1.03. The summed E-state index contributed by atoms with van der Waals surface area (Å²) in [7, 11) is 0. The van der Waals surface area contributed by atoms with E-state index >= 15 is 0 Å². The van der Waals surface area contributed by atoms with Gasteiger partial charge < -0.3 is 5.11 Å². The van der Waals surface area contributed by atoms with Crippen molar-refractivity contribution >= 4 is 0 Å². The second-order valence-corrected chi connectivity index (χ2v) is 2.35. The van der Waals surface area contributed by atoms with Crippen molar-refractivity contribution in [3.63, 3.8) is 0 Å². The first-order valence-electron chi connectivity index (χ1n) is 3.81. The lowest BCUT2D eigenvalue weighted by Crippen LogP contribution is -1.96. The van der Waals surface area contributed by atoms with Crippen LogP contribution in [0, 0.1) is 0 Å². The molecule has 11 heavy (non-hydrogen) atoms. The maximum atomic E-state index is 8.94. The molecule has 0 aliphatic carbocycles. The van der Waals surface area contributed by atoms with Crippen LogP contribution in [-0.2, 0) is 12.8 Å². The van der Waals surface area contributed by atoms with Gasteiger partial charge in [-0.25, -0.2) is 9.97 Å². The number of hydrogen-bond acceptors (Lipinski definition) is 3. The average molecular weight is 152 g/mol. The van der Waals surface area contributed by atoms with Crippen LogP contribution >= 0.6 is 0 Å². The van der Waals surface area contributed by atoms with E-state index in [2.05, 4.69) is 16.9 Å². The Kier molecular flexibility index (Phi) is 2.41. The van der Waals surface area contributed by atoms with Crippen LogP contribution in [0.25, 0.3) is 0 Å². The Hall–Kier alpha value is -1.12. The summed E-state index contributed by atoms with van der Waals surface area (Å²) in [4.78, 5) is 7.61. The fraction of sp³-hybridized carbons (Fsp3) is 0.500. The predicted octanol–water partition coefficient (Wildman–Crippen LogP) is 1.31. The number of aromatic hydroxyl groups is 1. The van der Waals surface area contributed by atoms with Gasteiger partial charge in [0.2, 0.25) is 0 Å². The number of nitrogens with zero attached hydrogens (tertiary/aromatic N) is 2. The van der Waals surface area contributed by atoms with E-state index in [-0.39, 0.29) is 6.01 Å². The van der Waals surface area contributed by atoms with E-state index in [0.29, 0.717) is 0 Å². The molecule has 60 valence electrons. The van der Waals surface area contributed by atoms with E-state index in [1.165, 1.54) is 0 Å². The summed E-state index contributed by atoms with van der Waals surface area (Å²) in [5, 5.41) is 8.94. The highest BCUT2D eigenvalue weighted by molar-refractivity contribution is 5.18. The van der Waals surface area contributed by atoms with E-state index in [4.69, 9.17) is 5.11 Å². The van der Waals surface area contributed by atoms with Crippen molar-refractivity contribution < 1.29 is 5.11 Å². The van der Waals surface area contributed by atoms with Gasteiger partial charge in [-0.05, 0) is 18.4 Å². The van der Waals surface area contributed by atoms with Crippen LogP contribution in [0.15, 0.2) is 6.20 Å². The summed E-state index contributed by atoms with van der Waals surface area (Å²) in [5.41, 5.74) is 2.06. The normalized spacial score (nSPS) is 10.0. The second kappa shape index (κ2) is 3.32. The number of aromatic nitrogens is 2. The fourth-order valence-electron chi connectivity index (χ4n) is 1.03. The summed E-state index contributed by atoms with van der Waals surface area (Å²) < 4.78 is 0. The second-order valence-electron chi connectivity index (χ2n) is 2.35. The van der Waals surface area contributed by atoms with E-state index in [1.807, 2.05) is 6.92 Å². The third-order valence-electron chi connectivity index (χ3n) is 1.66. The van der Waals surface area contributed by atoms with Crippen molar-refractivity contribution in [1.82, 2.24) is 9.97 Å². The SMILES string of the molecule is CCc1cnc(O)nc1CC. The van der Waals surface area contributed by atoms with Crippen molar-refractivity contribution in [2.45, 2.75) is 26.7 Å². The summed E-state index contributed by atoms with van der Waals surface area (Å²) >= 11 is 0. The van der Waals surface area contributed by atoms with Crippen LogP contribution in [-0.4, -0.2) is 15.1 Å². The molecule has 1 aromatic heterocycles. The minimum atomic E-state index is -0.126. The van der Waals surface area contributed by atoms with E-state index in [1.54, 1.807) is 6.20 Å². The zero-order valence-corrected chi connectivity index (χ0v) is 6.83. The van der Waals surface area contributed by atoms with Crippen LogP contribution in [0.4, 0.5) is 0 Å². The molecular weight excluding hydrogens is 140 g/mol. The minimum absolute atomic E-state index is 0.126. The van der Waals surface area contributed by atoms with Gasteiger partial charge in [0.05, 0.1) is 5.69 Å². The first-order chi connectivity index (χ1) is 5.27. The lowest BCUT2D eigenvalue weighted by molar-refractivity contribution is 0.427. The predicted molar refractivity (Wildman–Crippen MR) is 42.5 cm³/mol.